The number of methoxy groups -OCH3 is 1. The van der Waals surface area contributed by atoms with Crippen LogP contribution in [0.3, 0.4) is 0 Å². The lowest BCUT2D eigenvalue weighted by atomic mass is 10.1. The Hall–Kier alpha value is -3.02. The second kappa shape index (κ2) is 8.89. The van der Waals surface area contributed by atoms with Crippen molar-refractivity contribution in [2.75, 3.05) is 19.0 Å². The van der Waals surface area contributed by atoms with E-state index in [1.54, 1.807) is 7.11 Å². The molecule has 6 nitrogen and oxygen atoms in total. The molecule has 0 saturated heterocycles. The smallest absolute Gasteiger partial charge is 0.315 e. The van der Waals surface area contributed by atoms with Crippen LogP contribution in [0.15, 0.2) is 36.4 Å². The van der Waals surface area contributed by atoms with Crippen LogP contribution in [0.5, 0.6) is 5.75 Å². The molecule has 0 aromatic heterocycles. The minimum Gasteiger partial charge on any atom is -0.497 e. The van der Waals surface area contributed by atoms with Crippen molar-refractivity contribution in [2.45, 2.75) is 27.3 Å². The lowest BCUT2D eigenvalue weighted by Gasteiger charge is -2.13. The number of carbonyl (C=O) groups is 2. The second-order valence-corrected chi connectivity index (χ2v) is 6.21. The first-order valence-corrected chi connectivity index (χ1v) is 8.41. The van der Waals surface area contributed by atoms with Gasteiger partial charge in [-0.25, -0.2) is 4.79 Å². The van der Waals surface area contributed by atoms with Crippen molar-refractivity contribution in [1.29, 1.82) is 0 Å². The first-order chi connectivity index (χ1) is 12.4. The monoisotopic (exact) mass is 355 g/mol. The predicted octanol–water partition coefficient (Wildman–Crippen LogP) is 3.06. The summed E-state index contributed by atoms with van der Waals surface area (Å²) < 4.78 is 5.14. The van der Waals surface area contributed by atoms with E-state index in [1.165, 1.54) is 0 Å². The first-order valence-electron chi connectivity index (χ1n) is 8.41. The van der Waals surface area contributed by atoms with Crippen LogP contribution in [-0.4, -0.2) is 25.6 Å². The summed E-state index contributed by atoms with van der Waals surface area (Å²) >= 11 is 0. The third kappa shape index (κ3) is 5.51. The van der Waals surface area contributed by atoms with Crippen molar-refractivity contribution in [1.82, 2.24) is 10.6 Å². The molecule has 0 atom stereocenters. The zero-order valence-corrected chi connectivity index (χ0v) is 15.6. The largest absolute Gasteiger partial charge is 0.497 e. The van der Waals surface area contributed by atoms with Crippen LogP contribution in [-0.2, 0) is 11.3 Å². The van der Waals surface area contributed by atoms with Gasteiger partial charge in [0.05, 0.1) is 13.7 Å². The number of benzene rings is 2. The van der Waals surface area contributed by atoms with Crippen molar-refractivity contribution in [3.8, 4) is 5.75 Å². The number of ether oxygens (including phenoxy) is 1. The van der Waals surface area contributed by atoms with Gasteiger partial charge in [0.2, 0.25) is 5.91 Å². The van der Waals surface area contributed by atoms with Crippen LogP contribution in [0, 0.1) is 20.8 Å². The Bertz CT molecular complexity index is 780. The molecule has 6 heteroatoms. The van der Waals surface area contributed by atoms with E-state index in [2.05, 4.69) is 16.0 Å². The quantitative estimate of drug-likeness (QED) is 0.745. The fourth-order valence-electron chi connectivity index (χ4n) is 2.75. The highest BCUT2D eigenvalue weighted by atomic mass is 16.5. The number of nitrogens with one attached hydrogen (secondary N) is 3. The number of rotatable bonds is 6. The molecular formula is C20H25N3O3. The van der Waals surface area contributed by atoms with Gasteiger partial charge in [-0.3, -0.25) is 4.79 Å². The van der Waals surface area contributed by atoms with Gasteiger partial charge < -0.3 is 20.7 Å². The summed E-state index contributed by atoms with van der Waals surface area (Å²) in [5.41, 5.74) is 4.85. The van der Waals surface area contributed by atoms with E-state index in [9.17, 15) is 9.59 Å². The maximum atomic E-state index is 12.1. The highest BCUT2D eigenvalue weighted by Gasteiger charge is 2.09. The molecule has 138 valence electrons. The molecule has 0 radical (unpaired) electrons. The molecule has 2 aromatic rings. The van der Waals surface area contributed by atoms with Gasteiger partial charge >= 0.3 is 6.03 Å². The summed E-state index contributed by atoms with van der Waals surface area (Å²) in [5.74, 6) is 0.463. The summed E-state index contributed by atoms with van der Waals surface area (Å²) in [7, 11) is 1.59. The van der Waals surface area contributed by atoms with Crippen molar-refractivity contribution in [3.63, 3.8) is 0 Å². The summed E-state index contributed by atoms with van der Waals surface area (Å²) in [6, 6.07) is 11.0. The van der Waals surface area contributed by atoms with Gasteiger partial charge in [-0.15, -0.1) is 0 Å². The number of hydrogen-bond acceptors (Lipinski definition) is 3. The van der Waals surface area contributed by atoms with Gasteiger partial charge in [-0.05, 0) is 49.6 Å². The van der Waals surface area contributed by atoms with E-state index in [0.29, 0.717) is 6.54 Å². The number of carbonyl (C=O) groups excluding carboxylic acids is 2. The van der Waals surface area contributed by atoms with E-state index >= 15 is 0 Å². The fourth-order valence-corrected chi connectivity index (χ4v) is 2.75. The maximum absolute atomic E-state index is 12.1. The third-order valence-electron chi connectivity index (χ3n) is 3.94. The molecule has 2 rings (SSSR count). The van der Waals surface area contributed by atoms with Crippen molar-refractivity contribution < 1.29 is 14.3 Å². The molecule has 0 unspecified atom stereocenters. The molecule has 3 N–H and O–H groups in total. The Balaban J connectivity index is 1.81. The number of amides is 3. The molecule has 0 aliphatic heterocycles. The number of aryl methyl sites for hydroxylation is 3. The van der Waals surface area contributed by atoms with Crippen LogP contribution < -0.4 is 20.7 Å². The molecule has 0 spiro atoms. The lowest BCUT2D eigenvalue weighted by Crippen LogP contribution is -2.39. The van der Waals surface area contributed by atoms with Crippen molar-refractivity contribution in [2.24, 2.45) is 0 Å². The molecule has 2 aromatic carbocycles. The summed E-state index contributed by atoms with van der Waals surface area (Å²) in [6.07, 6.45) is 0. The average molecular weight is 355 g/mol. The average Bonchev–Trinajstić information content (AvgIpc) is 2.61. The molecule has 26 heavy (non-hydrogen) atoms. The van der Waals surface area contributed by atoms with Crippen molar-refractivity contribution >= 4 is 17.6 Å². The SMILES string of the molecule is COc1cccc(CNC(=O)NCC(=O)Nc2c(C)cc(C)cc2C)c1. The third-order valence-corrected chi connectivity index (χ3v) is 3.94. The Labute approximate surface area is 153 Å². The minimum absolute atomic E-state index is 0.100. The zero-order valence-electron chi connectivity index (χ0n) is 15.6. The predicted molar refractivity (Wildman–Crippen MR) is 103 cm³/mol. The Morgan fingerprint density at radius 3 is 2.35 bits per heavy atom. The lowest BCUT2D eigenvalue weighted by molar-refractivity contribution is -0.115. The van der Waals surface area contributed by atoms with E-state index < -0.39 is 6.03 Å². The number of urea groups is 1. The highest BCUT2D eigenvalue weighted by molar-refractivity contribution is 5.95. The highest BCUT2D eigenvalue weighted by Crippen LogP contribution is 2.21. The van der Waals surface area contributed by atoms with Gasteiger partial charge in [0, 0.05) is 12.2 Å². The standard InChI is InChI=1S/C20H25N3O3/c1-13-8-14(2)19(15(3)9-13)23-18(24)12-22-20(25)21-11-16-6-5-7-17(10-16)26-4/h5-10H,11-12H2,1-4H3,(H,23,24)(H2,21,22,25). The number of anilines is 1. The molecule has 0 fully saturated rings. The molecule has 0 bridgehead atoms. The number of hydrogen-bond donors (Lipinski definition) is 3. The Kier molecular flexibility index (Phi) is 6.60. The maximum Gasteiger partial charge on any atom is 0.315 e. The van der Waals surface area contributed by atoms with Crippen LogP contribution >= 0.6 is 0 Å². The Morgan fingerprint density at radius 2 is 1.69 bits per heavy atom. The van der Waals surface area contributed by atoms with E-state index in [-0.39, 0.29) is 12.5 Å². The Morgan fingerprint density at radius 1 is 1.00 bits per heavy atom. The summed E-state index contributed by atoms with van der Waals surface area (Å²) in [5, 5.41) is 8.12. The summed E-state index contributed by atoms with van der Waals surface area (Å²) in [4.78, 5) is 24.0. The van der Waals surface area contributed by atoms with Gasteiger partial charge in [-0.2, -0.15) is 0 Å². The molecular weight excluding hydrogens is 330 g/mol. The van der Waals surface area contributed by atoms with Gasteiger partial charge in [0.15, 0.2) is 0 Å². The van der Waals surface area contributed by atoms with Crippen molar-refractivity contribution in [3.05, 3.63) is 58.7 Å². The van der Waals surface area contributed by atoms with Crippen LogP contribution in [0.4, 0.5) is 10.5 Å². The van der Waals surface area contributed by atoms with Crippen LogP contribution in [0.2, 0.25) is 0 Å². The fraction of sp³-hybridized carbons (Fsp3) is 0.300. The van der Waals surface area contributed by atoms with Gasteiger partial charge in [-0.1, -0.05) is 29.8 Å². The van der Waals surface area contributed by atoms with Crippen LogP contribution in [0.1, 0.15) is 22.3 Å². The minimum atomic E-state index is -0.402. The molecule has 3 amide bonds. The zero-order chi connectivity index (χ0) is 19.1. The van der Waals surface area contributed by atoms with E-state index in [0.717, 1.165) is 33.7 Å². The topological polar surface area (TPSA) is 79.5 Å². The van der Waals surface area contributed by atoms with Crippen LogP contribution in [0.25, 0.3) is 0 Å². The van der Waals surface area contributed by atoms with Gasteiger partial charge in [0.25, 0.3) is 0 Å². The summed E-state index contributed by atoms with van der Waals surface area (Å²) in [6.45, 7) is 6.16. The first kappa shape index (κ1) is 19.3. The van der Waals surface area contributed by atoms with E-state index in [4.69, 9.17) is 4.74 Å². The molecule has 0 aliphatic rings. The molecule has 0 heterocycles. The van der Waals surface area contributed by atoms with Gasteiger partial charge in [0.1, 0.15) is 5.75 Å². The normalized spacial score (nSPS) is 10.2. The second-order valence-electron chi connectivity index (χ2n) is 6.21. The molecule has 0 saturated carbocycles. The van der Waals surface area contributed by atoms with E-state index in [1.807, 2.05) is 57.2 Å². The molecule has 0 aliphatic carbocycles.